The zero-order valence-electron chi connectivity index (χ0n) is 23.5. The van der Waals surface area contributed by atoms with Gasteiger partial charge in [-0.25, -0.2) is 14.8 Å². The van der Waals surface area contributed by atoms with Gasteiger partial charge in [0.1, 0.15) is 11.5 Å². The Balaban J connectivity index is 0.927. The van der Waals surface area contributed by atoms with Crippen molar-refractivity contribution in [2.24, 2.45) is 0 Å². The molecular formula is C31H39N7O2S. The second-order valence-corrected chi connectivity index (χ2v) is 12.2. The van der Waals surface area contributed by atoms with Crippen LogP contribution in [0.4, 0.5) is 10.6 Å². The number of hydrogen-bond donors (Lipinski definition) is 1. The first-order valence-corrected chi connectivity index (χ1v) is 15.7. The van der Waals surface area contributed by atoms with Crippen molar-refractivity contribution in [2.45, 2.75) is 44.2 Å². The standard InChI is InChI=1S/C31H39N7O2S/c39-29(33-26-11-14-35(15-12-26)22-24-6-2-1-3-7-24)27-23-41-30(34-27)25-9-16-37(17-10-25)31(40)38-20-18-36(19-21-38)28-8-4-5-13-32-28/h1-8,13,23,25-26H,9-12,14-22H2,(H,33,39). The van der Waals surface area contributed by atoms with E-state index in [1.165, 1.54) is 5.56 Å². The Bertz CT molecular complexity index is 1280. The van der Waals surface area contributed by atoms with Crippen molar-refractivity contribution in [3.05, 3.63) is 76.4 Å². The predicted octanol–water partition coefficient (Wildman–Crippen LogP) is 4.05. The summed E-state index contributed by atoms with van der Waals surface area (Å²) in [5, 5.41) is 6.13. The van der Waals surface area contributed by atoms with Crippen LogP contribution in [0.15, 0.2) is 60.1 Å². The van der Waals surface area contributed by atoms with Crippen LogP contribution < -0.4 is 10.2 Å². The summed E-state index contributed by atoms with van der Waals surface area (Å²) in [6.07, 6.45) is 5.49. The van der Waals surface area contributed by atoms with Crippen molar-refractivity contribution in [3.8, 4) is 0 Å². The number of piperazine rings is 1. The molecule has 6 rings (SSSR count). The fourth-order valence-electron chi connectivity index (χ4n) is 6.10. The van der Waals surface area contributed by atoms with Crippen molar-refractivity contribution in [1.82, 2.24) is 30.0 Å². The lowest BCUT2D eigenvalue weighted by molar-refractivity contribution is 0.0904. The summed E-state index contributed by atoms with van der Waals surface area (Å²) >= 11 is 1.58. The number of aromatic nitrogens is 2. The van der Waals surface area contributed by atoms with E-state index in [1.54, 1.807) is 11.3 Å². The highest BCUT2D eigenvalue weighted by molar-refractivity contribution is 7.09. The third-order valence-corrected chi connectivity index (χ3v) is 9.57. The first-order valence-electron chi connectivity index (χ1n) is 14.8. The van der Waals surface area contributed by atoms with Gasteiger partial charge >= 0.3 is 6.03 Å². The zero-order valence-corrected chi connectivity index (χ0v) is 24.3. The van der Waals surface area contributed by atoms with Gasteiger partial charge in [-0.2, -0.15) is 0 Å². The zero-order chi connectivity index (χ0) is 28.0. The Kier molecular flexibility index (Phi) is 8.77. The maximum Gasteiger partial charge on any atom is 0.320 e. The number of anilines is 1. The molecule has 0 saturated carbocycles. The van der Waals surface area contributed by atoms with Crippen LogP contribution in [0.1, 0.15) is 52.7 Å². The molecule has 1 N–H and O–H groups in total. The molecule has 216 valence electrons. The molecule has 2 aromatic heterocycles. The van der Waals surface area contributed by atoms with E-state index in [0.29, 0.717) is 24.7 Å². The molecule has 3 aromatic rings. The molecule has 1 aromatic carbocycles. The molecule has 0 bridgehead atoms. The number of benzene rings is 1. The highest BCUT2D eigenvalue weighted by Gasteiger charge is 2.31. The molecule has 3 aliphatic rings. The van der Waals surface area contributed by atoms with Crippen LogP contribution in [0.3, 0.4) is 0 Å². The molecule has 3 fully saturated rings. The van der Waals surface area contributed by atoms with E-state index < -0.39 is 0 Å². The maximum atomic E-state index is 13.2. The SMILES string of the molecule is O=C(NC1CCN(Cc2ccccc2)CC1)c1csc(C2CCN(C(=O)N3CCN(c4ccccn4)CC3)CC2)n1. The van der Waals surface area contributed by atoms with E-state index in [2.05, 4.69) is 44.4 Å². The van der Waals surface area contributed by atoms with Gasteiger partial charge in [0, 0.05) is 82.4 Å². The predicted molar refractivity (Wildman–Crippen MR) is 161 cm³/mol. The third kappa shape index (κ3) is 6.87. The molecule has 0 radical (unpaired) electrons. The Morgan fingerprint density at radius 3 is 2.24 bits per heavy atom. The largest absolute Gasteiger partial charge is 0.353 e. The summed E-state index contributed by atoms with van der Waals surface area (Å²) in [4.78, 5) is 44.0. The molecule has 0 atom stereocenters. The number of hydrogen-bond acceptors (Lipinski definition) is 7. The average Bonchev–Trinajstić information content (AvgIpc) is 3.54. The van der Waals surface area contributed by atoms with Crippen molar-refractivity contribution in [2.75, 3.05) is 57.3 Å². The van der Waals surface area contributed by atoms with Crippen LogP contribution >= 0.6 is 11.3 Å². The molecule has 0 spiro atoms. The number of nitrogens with zero attached hydrogens (tertiary/aromatic N) is 6. The number of urea groups is 1. The van der Waals surface area contributed by atoms with Crippen LogP contribution in [-0.4, -0.2) is 95.0 Å². The van der Waals surface area contributed by atoms with Crippen LogP contribution in [0, 0.1) is 0 Å². The minimum absolute atomic E-state index is 0.0635. The number of carbonyl (C=O) groups is 2. The quantitative estimate of drug-likeness (QED) is 0.479. The number of amides is 3. The van der Waals surface area contributed by atoms with E-state index in [4.69, 9.17) is 4.98 Å². The van der Waals surface area contributed by atoms with Crippen LogP contribution in [0.25, 0.3) is 0 Å². The normalized spacial score (nSPS) is 19.4. The molecule has 41 heavy (non-hydrogen) atoms. The fourth-order valence-corrected chi connectivity index (χ4v) is 7.07. The van der Waals surface area contributed by atoms with Gasteiger partial charge < -0.3 is 20.0 Å². The number of nitrogens with one attached hydrogen (secondary N) is 1. The molecular weight excluding hydrogens is 534 g/mol. The summed E-state index contributed by atoms with van der Waals surface area (Å²) in [5.74, 6) is 1.21. The Labute approximate surface area is 246 Å². The van der Waals surface area contributed by atoms with Gasteiger partial charge in [-0.15, -0.1) is 11.3 Å². The molecule has 3 saturated heterocycles. The monoisotopic (exact) mass is 573 g/mol. The van der Waals surface area contributed by atoms with Crippen molar-refractivity contribution < 1.29 is 9.59 Å². The van der Waals surface area contributed by atoms with Gasteiger partial charge in [-0.1, -0.05) is 36.4 Å². The molecule has 0 aliphatic carbocycles. The topological polar surface area (TPSA) is 84.9 Å². The molecule has 3 aliphatic heterocycles. The fraction of sp³-hybridized carbons (Fsp3) is 0.484. The summed E-state index contributed by atoms with van der Waals surface area (Å²) in [6.45, 7) is 7.42. The number of piperidine rings is 2. The number of thiazole rings is 1. The van der Waals surface area contributed by atoms with Crippen LogP contribution in [0.2, 0.25) is 0 Å². The number of rotatable bonds is 6. The van der Waals surface area contributed by atoms with Gasteiger partial charge in [0.05, 0.1) is 5.01 Å². The highest BCUT2D eigenvalue weighted by atomic mass is 32.1. The average molecular weight is 574 g/mol. The Morgan fingerprint density at radius 1 is 0.829 bits per heavy atom. The van der Waals surface area contributed by atoms with Crippen molar-refractivity contribution >= 4 is 29.1 Å². The van der Waals surface area contributed by atoms with Crippen molar-refractivity contribution in [3.63, 3.8) is 0 Å². The Morgan fingerprint density at radius 2 is 1.54 bits per heavy atom. The van der Waals surface area contributed by atoms with Gasteiger partial charge in [-0.3, -0.25) is 9.69 Å². The summed E-state index contributed by atoms with van der Waals surface area (Å²) in [6, 6.07) is 16.8. The summed E-state index contributed by atoms with van der Waals surface area (Å²) in [7, 11) is 0. The van der Waals surface area contributed by atoms with Crippen LogP contribution in [-0.2, 0) is 6.54 Å². The highest BCUT2D eigenvalue weighted by Crippen LogP contribution is 2.31. The Hall–Kier alpha value is -3.50. The van der Waals surface area contributed by atoms with Gasteiger partial charge in [-0.05, 0) is 43.4 Å². The molecule has 0 unspecified atom stereocenters. The molecule has 9 nitrogen and oxygen atoms in total. The number of likely N-dealkylation sites (tertiary alicyclic amines) is 2. The summed E-state index contributed by atoms with van der Waals surface area (Å²) < 4.78 is 0. The minimum atomic E-state index is -0.0635. The lowest BCUT2D eigenvalue weighted by Gasteiger charge is -2.39. The maximum absolute atomic E-state index is 13.2. The third-order valence-electron chi connectivity index (χ3n) is 8.56. The van der Waals surface area contributed by atoms with E-state index in [0.717, 1.165) is 82.3 Å². The molecule has 10 heteroatoms. The van der Waals surface area contributed by atoms with Crippen molar-refractivity contribution in [1.29, 1.82) is 0 Å². The van der Waals surface area contributed by atoms with E-state index >= 15 is 0 Å². The van der Waals surface area contributed by atoms with Gasteiger partial charge in [0.15, 0.2) is 0 Å². The number of carbonyl (C=O) groups excluding carboxylic acids is 2. The lowest BCUT2D eigenvalue weighted by Crippen LogP contribution is -2.54. The minimum Gasteiger partial charge on any atom is -0.353 e. The second-order valence-electron chi connectivity index (χ2n) is 11.3. The second kappa shape index (κ2) is 13.0. The lowest BCUT2D eigenvalue weighted by atomic mass is 9.98. The number of pyridine rings is 1. The first-order chi connectivity index (χ1) is 20.1. The van der Waals surface area contributed by atoms with Gasteiger partial charge in [0.2, 0.25) is 0 Å². The first kappa shape index (κ1) is 27.7. The van der Waals surface area contributed by atoms with Gasteiger partial charge in [0.25, 0.3) is 5.91 Å². The van der Waals surface area contributed by atoms with Crippen LogP contribution in [0.5, 0.6) is 0 Å². The molecule has 3 amide bonds. The van der Waals surface area contributed by atoms with E-state index in [9.17, 15) is 9.59 Å². The smallest absolute Gasteiger partial charge is 0.320 e. The molecule has 5 heterocycles. The van der Waals surface area contributed by atoms with E-state index in [-0.39, 0.29) is 18.0 Å². The van der Waals surface area contributed by atoms with E-state index in [1.807, 2.05) is 45.6 Å². The summed E-state index contributed by atoms with van der Waals surface area (Å²) in [5.41, 5.74) is 1.86.